The molecule has 0 N–H and O–H groups in total. The third kappa shape index (κ3) is 6.05. The van der Waals surface area contributed by atoms with E-state index in [0.717, 1.165) is 77.9 Å². The summed E-state index contributed by atoms with van der Waals surface area (Å²) in [6.07, 6.45) is 0. The fourth-order valence-electron chi connectivity index (χ4n) is 10.2. The molecule has 0 aliphatic rings. The van der Waals surface area contributed by atoms with E-state index >= 15 is 0 Å². The minimum atomic E-state index is 0.905. The molecular formula is C62H40N2O. The van der Waals surface area contributed by atoms with E-state index in [9.17, 15) is 0 Å². The molecule has 0 saturated heterocycles. The number of hydrogen-bond donors (Lipinski definition) is 0. The van der Waals surface area contributed by atoms with Crippen molar-refractivity contribution in [3.63, 3.8) is 0 Å². The van der Waals surface area contributed by atoms with Crippen LogP contribution >= 0.6 is 0 Å². The van der Waals surface area contributed by atoms with Crippen LogP contribution in [0.15, 0.2) is 247 Å². The highest BCUT2D eigenvalue weighted by Gasteiger charge is 2.20. The first kappa shape index (κ1) is 36.9. The van der Waals surface area contributed by atoms with Gasteiger partial charge in [0.25, 0.3) is 0 Å². The summed E-state index contributed by atoms with van der Waals surface area (Å²) in [5.74, 6) is 0. The molecule has 0 fully saturated rings. The number of nitrogens with zero attached hydrogens (tertiary/aromatic N) is 2. The molecule has 0 amide bonds. The van der Waals surface area contributed by atoms with Crippen LogP contribution < -0.4 is 4.90 Å². The largest absolute Gasteiger partial charge is 0.455 e. The topological polar surface area (TPSA) is 21.3 Å². The number of rotatable bonds is 7. The number of benzene rings is 11. The normalized spacial score (nSPS) is 11.7. The maximum absolute atomic E-state index is 6.77. The van der Waals surface area contributed by atoms with Gasteiger partial charge in [0.1, 0.15) is 11.2 Å². The third-order valence-corrected chi connectivity index (χ3v) is 13.2. The third-order valence-electron chi connectivity index (χ3n) is 13.2. The molecule has 3 nitrogen and oxygen atoms in total. The molecule has 65 heavy (non-hydrogen) atoms. The summed E-state index contributed by atoms with van der Waals surface area (Å²) in [4.78, 5) is 2.40. The van der Waals surface area contributed by atoms with Gasteiger partial charge in [-0.05, 0) is 99.1 Å². The molecule has 2 heterocycles. The van der Waals surface area contributed by atoms with Crippen molar-refractivity contribution in [2.75, 3.05) is 4.90 Å². The van der Waals surface area contributed by atoms with Crippen molar-refractivity contribution >= 4 is 82.4 Å². The Labute approximate surface area is 376 Å². The van der Waals surface area contributed by atoms with Crippen LogP contribution in [0.3, 0.4) is 0 Å². The average molecular weight is 829 g/mol. The maximum Gasteiger partial charge on any atom is 0.143 e. The van der Waals surface area contributed by atoms with Crippen LogP contribution in [-0.2, 0) is 0 Å². The molecule has 0 atom stereocenters. The van der Waals surface area contributed by atoms with Crippen LogP contribution in [0.1, 0.15) is 0 Å². The predicted octanol–water partition coefficient (Wildman–Crippen LogP) is 17.5. The van der Waals surface area contributed by atoms with Crippen LogP contribution in [0.2, 0.25) is 0 Å². The van der Waals surface area contributed by atoms with Gasteiger partial charge in [-0.25, -0.2) is 0 Å². The predicted molar refractivity (Wildman–Crippen MR) is 274 cm³/mol. The molecule has 11 aromatic carbocycles. The van der Waals surface area contributed by atoms with Crippen molar-refractivity contribution in [1.29, 1.82) is 0 Å². The van der Waals surface area contributed by atoms with Crippen LogP contribution in [0.4, 0.5) is 17.1 Å². The SMILES string of the molecule is c1cc(-c2ccc(N(c3ccc(-c4cccc5c4oc4c6ccccc6ccc54)cc3)c3ccccc3-c3cccc4ccccc34)cc2)cc(-n2c3ccccc3c3ccccc32)c1. The number of fused-ring (bicyclic) bond motifs is 9. The first-order valence-electron chi connectivity index (χ1n) is 22.2. The molecule has 0 unspecified atom stereocenters. The van der Waals surface area contributed by atoms with Crippen molar-refractivity contribution in [3.8, 4) is 39.1 Å². The second-order valence-corrected chi connectivity index (χ2v) is 16.8. The Balaban J connectivity index is 0.932. The van der Waals surface area contributed by atoms with E-state index in [2.05, 4.69) is 252 Å². The minimum absolute atomic E-state index is 0.905. The highest BCUT2D eigenvalue weighted by Crippen LogP contribution is 2.45. The Morgan fingerprint density at radius 2 is 0.831 bits per heavy atom. The second-order valence-electron chi connectivity index (χ2n) is 16.8. The van der Waals surface area contributed by atoms with Gasteiger partial charge in [0.2, 0.25) is 0 Å². The first-order chi connectivity index (χ1) is 32.2. The van der Waals surface area contributed by atoms with E-state index < -0.39 is 0 Å². The van der Waals surface area contributed by atoms with Crippen molar-refractivity contribution in [3.05, 3.63) is 243 Å². The lowest BCUT2D eigenvalue weighted by Crippen LogP contribution is -2.11. The number of hydrogen-bond acceptors (Lipinski definition) is 2. The van der Waals surface area contributed by atoms with Crippen molar-refractivity contribution in [1.82, 2.24) is 4.57 Å². The Bertz CT molecular complexity index is 3890. The van der Waals surface area contributed by atoms with Gasteiger partial charge in [-0.15, -0.1) is 0 Å². The van der Waals surface area contributed by atoms with E-state index in [1.165, 1.54) is 43.5 Å². The highest BCUT2D eigenvalue weighted by atomic mass is 16.3. The van der Waals surface area contributed by atoms with E-state index in [-0.39, 0.29) is 0 Å². The molecule has 13 aromatic rings. The number of para-hydroxylation sites is 4. The Morgan fingerprint density at radius 1 is 0.308 bits per heavy atom. The zero-order chi connectivity index (χ0) is 42.8. The monoisotopic (exact) mass is 828 g/mol. The van der Waals surface area contributed by atoms with E-state index in [0.29, 0.717) is 0 Å². The lowest BCUT2D eigenvalue weighted by atomic mass is 9.95. The van der Waals surface area contributed by atoms with Crippen LogP contribution in [0, 0.1) is 0 Å². The van der Waals surface area contributed by atoms with Gasteiger partial charge in [-0.2, -0.15) is 0 Å². The zero-order valence-corrected chi connectivity index (χ0v) is 35.4. The summed E-state index contributed by atoms with van der Waals surface area (Å²) >= 11 is 0. The molecule has 0 bridgehead atoms. The molecule has 304 valence electrons. The van der Waals surface area contributed by atoms with Crippen molar-refractivity contribution in [2.24, 2.45) is 0 Å². The summed E-state index contributed by atoms with van der Waals surface area (Å²) in [7, 11) is 0. The summed E-state index contributed by atoms with van der Waals surface area (Å²) in [5.41, 5.74) is 15.5. The molecule has 3 heteroatoms. The molecular weight excluding hydrogens is 789 g/mol. The van der Waals surface area contributed by atoms with Crippen LogP contribution in [0.5, 0.6) is 0 Å². The van der Waals surface area contributed by atoms with Gasteiger partial charge in [-0.1, -0.05) is 182 Å². The molecule has 2 aromatic heterocycles. The molecule has 0 aliphatic heterocycles. The fourth-order valence-corrected chi connectivity index (χ4v) is 10.2. The van der Waals surface area contributed by atoms with Gasteiger partial charge in [0.05, 0.1) is 16.7 Å². The maximum atomic E-state index is 6.77. The fraction of sp³-hybridized carbons (Fsp3) is 0. The Morgan fingerprint density at radius 3 is 1.58 bits per heavy atom. The average Bonchev–Trinajstić information content (AvgIpc) is 3.94. The highest BCUT2D eigenvalue weighted by molar-refractivity contribution is 6.17. The summed E-state index contributed by atoms with van der Waals surface area (Å²) in [6, 6.07) is 87.6. The summed E-state index contributed by atoms with van der Waals surface area (Å²) in [5, 5.41) is 9.53. The number of aromatic nitrogens is 1. The molecule has 0 radical (unpaired) electrons. The van der Waals surface area contributed by atoms with Gasteiger partial charge in [-0.3, -0.25) is 0 Å². The summed E-state index contributed by atoms with van der Waals surface area (Å²) in [6.45, 7) is 0. The first-order valence-corrected chi connectivity index (χ1v) is 22.2. The van der Waals surface area contributed by atoms with Crippen molar-refractivity contribution in [2.45, 2.75) is 0 Å². The quantitative estimate of drug-likeness (QED) is 0.160. The van der Waals surface area contributed by atoms with Gasteiger partial charge in [0.15, 0.2) is 0 Å². The molecule has 13 rings (SSSR count). The standard InChI is InChI=1S/C62H40N2O/c1-3-19-49-42(14-1)16-12-25-52(49)53-21-5-8-27-58(53)63(47-37-32-44(33-38-47)51-24-13-26-56-57-39-34-43-15-2-4-20-50(43)62(57)65-61(51)56)46-35-30-41(31-36-46)45-17-11-18-48(40-45)64-59-28-9-6-22-54(59)55-23-7-10-29-60(55)64/h1-40H. The van der Waals surface area contributed by atoms with Crippen molar-refractivity contribution < 1.29 is 4.42 Å². The second kappa shape index (κ2) is 15.0. The lowest BCUT2D eigenvalue weighted by molar-refractivity contribution is 0.674. The molecule has 0 spiro atoms. The Hall–Kier alpha value is -8.66. The number of anilines is 3. The van der Waals surface area contributed by atoms with E-state index in [1.54, 1.807) is 0 Å². The minimum Gasteiger partial charge on any atom is -0.455 e. The molecule has 0 saturated carbocycles. The van der Waals surface area contributed by atoms with E-state index in [1.807, 2.05) is 0 Å². The van der Waals surface area contributed by atoms with E-state index in [4.69, 9.17) is 4.42 Å². The van der Waals surface area contributed by atoms with Crippen LogP contribution in [0.25, 0.3) is 104 Å². The van der Waals surface area contributed by atoms with Gasteiger partial charge < -0.3 is 13.9 Å². The van der Waals surface area contributed by atoms with Gasteiger partial charge in [0, 0.05) is 55.1 Å². The number of furan rings is 1. The Kier molecular flexibility index (Phi) is 8.53. The summed E-state index contributed by atoms with van der Waals surface area (Å²) < 4.78 is 9.15. The van der Waals surface area contributed by atoms with Crippen LogP contribution in [-0.4, -0.2) is 4.57 Å². The lowest BCUT2D eigenvalue weighted by Gasteiger charge is -2.28. The molecule has 0 aliphatic carbocycles. The van der Waals surface area contributed by atoms with Gasteiger partial charge >= 0.3 is 0 Å². The zero-order valence-electron chi connectivity index (χ0n) is 35.4. The smallest absolute Gasteiger partial charge is 0.143 e.